The molecule has 10 heavy (non-hydrogen) atoms. The highest BCUT2D eigenvalue weighted by Crippen LogP contribution is 2.02. The second kappa shape index (κ2) is 7.63. The van der Waals surface area contributed by atoms with E-state index in [1.54, 1.807) is 0 Å². The van der Waals surface area contributed by atoms with Gasteiger partial charge in [0.1, 0.15) is 0 Å². The maximum Gasteiger partial charge on any atom is 1.59 e. The van der Waals surface area contributed by atoms with E-state index in [0.29, 0.717) is 0 Å². The van der Waals surface area contributed by atoms with Crippen LogP contribution in [-0.2, 0) is 4.79 Å². The first kappa shape index (κ1) is 10.5. The van der Waals surface area contributed by atoms with E-state index in [9.17, 15) is 4.79 Å². The van der Waals surface area contributed by atoms with Crippen LogP contribution in [0.5, 0.6) is 0 Å². The average Bonchev–Trinajstić information content (AvgIpc) is 2.21. The van der Waals surface area contributed by atoms with Gasteiger partial charge in [-0.2, -0.15) is 0 Å². The first-order valence-electron chi connectivity index (χ1n) is 3.43. The van der Waals surface area contributed by atoms with Gasteiger partial charge in [-0.25, -0.2) is 0 Å². The molecule has 7 radical (unpaired) electrons. The maximum atomic E-state index is 10.6. The third kappa shape index (κ3) is 5.32. The lowest BCUT2D eigenvalue weighted by atomic mass is 10.2. The van der Waals surface area contributed by atoms with Crippen LogP contribution in [0.15, 0.2) is 0 Å². The SMILES string of the molecule is O=C1CCCCCN1.[Mg+2][Cl]. The van der Waals surface area contributed by atoms with Crippen LogP contribution in [0.1, 0.15) is 25.7 Å². The predicted octanol–water partition coefficient (Wildman–Crippen LogP) is 0.985. The van der Waals surface area contributed by atoms with Crippen LogP contribution in [-0.4, -0.2) is 33.1 Å². The van der Waals surface area contributed by atoms with Gasteiger partial charge in [-0.1, -0.05) is 6.42 Å². The third-order valence-corrected chi connectivity index (χ3v) is 1.40. The second-order valence-electron chi connectivity index (χ2n) is 2.16. The van der Waals surface area contributed by atoms with Crippen molar-refractivity contribution in [3.05, 3.63) is 0 Å². The largest absolute Gasteiger partial charge is 1.59 e. The molecule has 0 spiro atoms. The fourth-order valence-corrected chi connectivity index (χ4v) is 0.904. The lowest BCUT2D eigenvalue weighted by molar-refractivity contribution is -0.120. The summed E-state index contributed by atoms with van der Waals surface area (Å²) >= 11 is 1.33. The summed E-state index contributed by atoms with van der Waals surface area (Å²) in [5.41, 5.74) is 0. The zero-order valence-electron chi connectivity index (χ0n) is 6.03. The van der Waals surface area contributed by atoms with E-state index in [2.05, 4.69) is 14.4 Å². The van der Waals surface area contributed by atoms with Gasteiger partial charge in [0.2, 0.25) is 5.91 Å². The number of rotatable bonds is 0. The molecule has 0 atom stereocenters. The Kier molecular flexibility index (Phi) is 8.03. The van der Waals surface area contributed by atoms with E-state index < -0.39 is 0 Å². The standard InChI is InChI=1S/C6H11NO.ClH.Mg/c8-6-4-2-1-3-5-7-6;;/h1-5H2,(H,7,8);1H;/q;;+3/p-1. The first-order valence-corrected chi connectivity index (χ1v) is 5.57. The molecule has 0 aromatic heterocycles. The molecule has 1 fully saturated rings. The van der Waals surface area contributed by atoms with Gasteiger partial charge in [0.15, 0.2) is 0 Å². The van der Waals surface area contributed by atoms with E-state index in [0.717, 1.165) is 25.8 Å². The Morgan fingerprint density at radius 1 is 1.30 bits per heavy atom. The quantitative estimate of drug-likeness (QED) is 0.543. The van der Waals surface area contributed by atoms with Gasteiger partial charge in [-0.15, -0.1) is 0 Å². The Labute approximate surface area is 77.9 Å². The highest BCUT2D eigenvalue weighted by molar-refractivity contribution is 6.80. The minimum Gasteiger partial charge on any atom is -0.356 e. The van der Waals surface area contributed by atoms with E-state index in [1.165, 1.54) is 27.0 Å². The summed E-state index contributed by atoms with van der Waals surface area (Å²) in [6, 6.07) is 0. The molecule has 0 aromatic rings. The molecule has 1 heterocycles. The smallest absolute Gasteiger partial charge is 0.356 e. The van der Waals surface area contributed by atoms with Crippen LogP contribution in [0.25, 0.3) is 0 Å². The molecule has 1 N–H and O–H groups in total. The van der Waals surface area contributed by atoms with Crippen molar-refractivity contribution >= 4 is 35.6 Å². The van der Waals surface area contributed by atoms with Gasteiger partial charge in [-0.3, -0.25) is 4.79 Å². The first-order chi connectivity index (χ1) is 4.89. The second-order valence-corrected chi connectivity index (χ2v) is 2.16. The normalized spacial score (nSPS) is 18.0. The van der Waals surface area contributed by atoms with Crippen LogP contribution in [0.3, 0.4) is 0 Å². The molecule has 4 heteroatoms. The molecule has 0 unspecified atom stereocenters. The van der Waals surface area contributed by atoms with Crippen LogP contribution >= 0.6 is 9.07 Å². The van der Waals surface area contributed by atoms with Crippen molar-refractivity contribution in [2.24, 2.45) is 0 Å². The van der Waals surface area contributed by atoms with Gasteiger partial charge in [0.25, 0.3) is 0 Å². The molecule has 0 saturated carbocycles. The number of amides is 1. The van der Waals surface area contributed by atoms with Gasteiger partial charge in [0.05, 0.1) is 0 Å². The van der Waals surface area contributed by atoms with Crippen LogP contribution in [0.4, 0.5) is 0 Å². The zero-order chi connectivity index (χ0) is 7.82. The van der Waals surface area contributed by atoms with Crippen LogP contribution < -0.4 is 5.32 Å². The minimum atomic E-state index is 0.225. The molecule has 53 valence electrons. The van der Waals surface area contributed by atoms with Crippen molar-refractivity contribution in [2.75, 3.05) is 6.54 Å². The van der Waals surface area contributed by atoms with Gasteiger partial charge in [-0.05, 0) is 12.8 Å². The van der Waals surface area contributed by atoms with Gasteiger partial charge >= 0.3 is 29.7 Å². The zero-order valence-corrected chi connectivity index (χ0v) is 8.20. The fourth-order valence-electron chi connectivity index (χ4n) is 0.904. The van der Waals surface area contributed by atoms with Crippen molar-refractivity contribution in [3.8, 4) is 0 Å². The molecule has 1 aliphatic rings. The molecule has 1 aliphatic heterocycles. The summed E-state index contributed by atoms with van der Waals surface area (Å²) in [5.74, 6) is 0.225. The summed E-state index contributed by atoms with van der Waals surface area (Å²) in [6.45, 7) is 0.888. The minimum absolute atomic E-state index is 0.225. The number of nitrogens with one attached hydrogen (secondary N) is 1. The highest BCUT2D eigenvalue weighted by atomic mass is 35.5. The van der Waals surface area contributed by atoms with Crippen molar-refractivity contribution in [1.29, 1.82) is 0 Å². The van der Waals surface area contributed by atoms with Crippen LogP contribution in [0, 0.1) is 0 Å². The fraction of sp³-hybridized carbons (Fsp3) is 0.833. The summed E-state index contributed by atoms with van der Waals surface area (Å²) in [6.07, 6.45) is 4.18. The maximum absolute atomic E-state index is 10.6. The number of hydrogen-bond donors (Lipinski definition) is 1. The lowest BCUT2D eigenvalue weighted by Crippen LogP contribution is -2.21. The Hall–Kier alpha value is 0.526. The monoisotopic (exact) mass is 172 g/mol. The molecule has 0 bridgehead atoms. The number of carbonyl (C=O) groups is 1. The number of hydrogen-bond acceptors (Lipinski definition) is 1. The Morgan fingerprint density at radius 2 is 2.00 bits per heavy atom. The Morgan fingerprint density at radius 3 is 2.70 bits per heavy atom. The third-order valence-electron chi connectivity index (χ3n) is 1.40. The predicted molar refractivity (Wildman–Crippen MR) is 43.1 cm³/mol. The summed E-state index contributed by atoms with van der Waals surface area (Å²) in [5, 5.41) is 2.81. The molecule has 1 amide bonds. The summed E-state index contributed by atoms with van der Waals surface area (Å²) in [7, 11) is 4.67. The molecule has 1 rings (SSSR count). The van der Waals surface area contributed by atoms with E-state index >= 15 is 0 Å². The van der Waals surface area contributed by atoms with E-state index in [1.807, 2.05) is 0 Å². The average molecular weight is 173 g/mol. The summed E-state index contributed by atoms with van der Waals surface area (Å²) in [4.78, 5) is 10.6. The Balaban J connectivity index is 0.000000371. The lowest BCUT2D eigenvalue weighted by Gasteiger charge is -1.93. The number of halogens is 1. The van der Waals surface area contributed by atoms with E-state index in [-0.39, 0.29) is 5.91 Å². The van der Waals surface area contributed by atoms with Crippen molar-refractivity contribution in [2.45, 2.75) is 25.7 Å². The molecular weight excluding hydrogens is 162 g/mol. The molecular formula is C6H11ClMgNO+2. The number of carbonyl (C=O) groups excluding carboxylic acids is 1. The van der Waals surface area contributed by atoms with E-state index in [4.69, 9.17) is 0 Å². The molecule has 0 aromatic carbocycles. The van der Waals surface area contributed by atoms with Crippen molar-refractivity contribution < 1.29 is 4.79 Å². The van der Waals surface area contributed by atoms with Crippen LogP contribution in [0.2, 0.25) is 0 Å². The topological polar surface area (TPSA) is 29.1 Å². The van der Waals surface area contributed by atoms with Crippen molar-refractivity contribution in [1.82, 2.24) is 5.32 Å². The molecule has 0 aliphatic carbocycles. The van der Waals surface area contributed by atoms with Gasteiger partial charge in [0, 0.05) is 13.0 Å². The molecule has 2 nitrogen and oxygen atoms in total. The van der Waals surface area contributed by atoms with Gasteiger partial charge < -0.3 is 5.32 Å². The van der Waals surface area contributed by atoms with Crippen molar-refractivity contribution in [3.63, 3.8) is 0 Å². The summed E-state index contributed by atoms with van der Waals surface area (Å²) < 4.78 is 0. The Bertz CT molecular complexity index is 89.7. The highest BCUT2D eigenvalue weighted by Gasteiger charge is 2.16. The molecule has 1 saturated heterocycles.